The van der Waals surface area contributed by atoms with Gasteiger partial charge in [0.25, 0.3) is 0 Å². The summed E-state index contributed by atoms with van der Waals surface area (Å²) in [6.45, 7) is 0. The molecular formula is C11H11ClN4OS. The summed E-state index contributed by atoms with van der Waals surface area (Å²) in [4.78, 5) is 14.0. The molecule has 94 valence electrons. The minimum atomic E-state index is 0.0490. The Balaban J connectivity index is 1.87. The summed E-state index contributed by atoms with van der Waals surface area (Å²) in [5, 5.41) is 12.1. The van der Waals surface area contributed by atoms with E-state index in [-0.39, 0.29) is 12.2 Å². The number of rotatable bonds is 5. The molecule has 18 heavy (non-hydrogen) atoms. The first-order valence-corrected chi connectivity index (χ1v) is 6.63. The minimum Gasteiger partial charge on any atom is -0.298 e. The van der Waals surface area contributed by atoms with Crippen molar-refractivity contribution >= 4 is 29.1 Å². The number of aryl methyl sites for hydroxylation is 1. The topological polar surface area (TPSA) is 60.7 Å². The Morgan fingerprint density at radius 2 is 2.22 bits per heavy atom. The molecule has 0 aliphatic carbocycles. The minimum absolute atomic E-state index is 0.0490. The van der Waals surface area contributed by atoms with Crippen LogP contribution in [0.1, 0.15) is 5.82 Å². The van der Waals surface area contributed by atoms with Crippen LogP contribution in [0.3, 0.4) is 0 Å². The van der Waals surface area contributed by atoms with E-state index in [0.29, 0.717) is 16.6 Å². The number of benzene rings is 1. The highest BCUT2D eigenvalue weighted by atomic mass is 35.5. The molecule has 0 unspecified atom stereocenters. The van der Waals surface area contributed by atoms with Crippen LogP contribution < -0.4 is 0 Å². The summed E-state index contributed by atoms with van der Waals surface area (Å²) in [6, 6.07) is 7.44. The number of aromatic nitrogens is 4. The standard InChI is InChI=1S/C11H11ClN4OS/c1-16-14-11(13-15-16)6-8(17)7-18-10-5-3-2-4-9(10)12/h2-5H,6-7H2,1H3. The van der Waals surface area contributed by atoms with E-state index in [1.54, 1.807) is 13.1 Å². The van der Waals surface area contributed by atoms with Crippen molar-refractivity contribution in [3.8, 4) is 0 Å². The largest absolute Gasteiger partial charge is 0.298 e. The predicted octanol–water partition coefficient (Wildman–Crippen LogP) is 1.77. The third-order valence-electron chi connectivity index (χ3n) is 2.13. The molecular weight excluding hydrogens is 272 g/mol. The van der Waals surface area contributed by atoms with Crippen LogP contribution in [0.5, 0.6) is 0 Å². The lowest BCUT2D eigenvalue weighted by Gasteiger charge is -2.01. The molecule has 0 fully saturated rings. The second kappa shape index (κ2) is 5.97. The number of carbonyl (C=O) groups is 1. The van der Waals surface area contributed by atoms with Gasteiger partial charge in [-0.1, -0.05) is 23.7 Å². The van der Waals surface area contributed by atoms with Crippen molar-refractivity contribution < 1.29 is 4.79 Å². The first kappa shape index (κ1) is 13.0. The van der Waals surface area contributed by atoms with Crippen LogP contribution >= 0.6 is 23.4 Å². The van der Waals surface area contributed by atoms with E-state index in [1.165, 1.54) is 16.6 Å². The average Bonchev–Trinajstić information content (AvgIpc) is 2.74. The van der Waals surface area contributed by atoms with E-state index in [9.17, 15) is 4.79 Å². The summed E-state index contributed by atoms with van der Waals surface area (Å²) < 4.78 is 0. The molecule has 0 bridgehead atoms. The van der Waals surface area contributed by atoms with Gasteiger partial charge in [0, 0.05) is 4.90 Å². The van der Waals surface area contributed by atoms with Crippen LogP contribution in [0.15, 0.2) is 29.2 Å². The van der Waals surface area contributed by atoms with Crippen molar-refractivity contribution in [2.45, 2.75) is 11.3 Å². The maximum absolute atomic E-state index is 11.7. The van der Waals surface area contributed by atoms with Crippen LogP contribution in [-0.2, 0) is 18.3 Å². The van der Waals surface area contributed by atoms with Gasteiger partial charge in [0.1, 0.15) is 0 Å². The first-order chi connectivity index (χ1) is 8.65. The highest BCUT2D eigenvalue weighted by molar-refractivity contribution is 8.00. The zero-order valence-electron chi connectivity index (χ0n) is 9.71. The van der Waals surface area contributed by atoms with Crippen LogP contribution in [0, 0.1) is 0 Å². The Labute approximate surface area is 114 Å². The molecule has 0 aliphatic heterocycles. The summed E-state index contributed by atoms with van der Waals surface area (Å²) in [5.41, 5.74) is 0. The molecule has 2 rings (SSSR count). The van der Waals surface area contributed by atoms with E-state index in [2.05, 4.69) is 15.4 Å². The fourth-order valence-corrected chi connectivity index (χ4v) is 2.44. The molecule has 5 nitrogen and oxygen atoms in total. The molecule has 0 radical (unpaired) electrons. The summed E-state index contributed by atoms with van der Waals surface area (Å²) in [5.74, 6) is 0.845. The van der Waals surface area contributed by atoms with Gasteiger partial charge in [0.2, 0.25) is 0 Å². The Morgan fingerprint density at radius 1 is 1.44 bits per heavy atom. The number of carbonyl (C=O) groups excluding carboxylic acids is 1. The van der Waals surface area contributed by atoms with Gasteiger partial charge in [-0.05, 0) is 17.3 Å². The summed E-state index contributed by atoms with van der Waals surface area (Å²) >= 11 is 7.42. The molecule has 0 saturated heterocycles. The number of Topliss-reactive ketones (excluding diaryl/α,β-unsaturated/α-hetero) is 1. The van der Waals surface area contributed by atoms with E-state index in [4.69, 9.17) is 11.6 Å². The SMILES string of the molecule is Cn1nnc(CC(=O)CSc2ccccc2Cl)n1. The zero-order chi connectivity index (χ0) is 13.0. The number of hydrogen-bond donors (Lipinski definition) is 0. The summed E-state index contributed by atoms with van der Waals surface area (Å²) in [6.07, 6.45) is 0.200. The number of hydrogen-bond acceptors (Lipinski definition) is 5. The Kier molecular flexibility index (Phi) is 4.33. The molecule has 0 saturated carbocycles. The van der Waals surface area contributed by atoms with Crippen molar-refractivity contribution in [1.82, 2.24) is 20.2 Å². The Morgan fingerprint density at radius 3 is 2.89 bits per heavy atom. The van der Waals surface area contributed by atoms with E-state index in [1.807, 2.05) is 18.2 Å². The van der Waals surface area contributed by atoms with Gasteiger partial charge in [-0.3, -0.25) is 4.79 Å². The molecule has 7 heteroatoms. The molecule has 0 N–H and O–H groups in total. The highest BCUT2D eigenvalue weighted by Gasteiger charge is 2.10. The third-order valence-corrected chi connectivity index (χ3v) is 3.71. The molecule has 1 aromatic heterocycles. The van der Waals surface area contributed by atoms with Crippen molar-refractivity contribution in [2.24, 2.45) is 7.05 Å². The molecule has 0 spiro atoms. The van der Waals surface area contributed by atoms with Crippen LogP contribution in [0.25, 0.3) is 0 Å². The normalized spacial score (nSPS) is 10.6. The fourth-order valence-electron chi connectivity index (χ4n) is 1.34. The predicted molar refractivity (Wildman–Crippen MR) is 69.7 cm³/mol. The maximum Gasteiger partial charge on any atom is 0.182 e. The highest BCUT2D eigenvalue weighted by Crippen LogP contribution is 2.26. The van der Waals surface area contributed by atoms with Crippen molar-refractivity contribution in [3.05, 3.63) is 35.1 Å². The quantitative estimate of drug-likeness (QED) is 0.782. The van der Waals surface area contributed by atoms with Crippen LogP contribution in [0.4, 0.5) is 0 Å². The monoisotopic (exact) mass is 282 g/mol. The number of halogens is 1. The van der Waals surface area contributed by atoms with Gasteiger partial charge >= 0.3 is 0 Å². The maximum atomic E-state index is 11.7. The zero-order valence-corrected chi connectivity index (χ0v) is 11.3. The average molecular weight is 283 g/mol. The van der Waals surface area contributed by atoms with Crippen LogP contribution in [0.2, 0.25) is 5.02 Å². The second-order valence-electron chi connectivity index (χ2n) is 3.63. The molecule has 1 aromatic carbocycles. The van der Waals surface area contributed by atoms with E-state index in [0.717, 1.165) is 4.90 Å². The van der Waals surface area contributed by atoms with E-state index >= 15 is 0 Å². The lowest BCUT2D eigenvalue weighted by Crippen LogP contribution is -2.07. The van der Waals surface area contributed by atoms with Crippen LogP contribution in [-0.4, -0.2) is 31.7 Å². The Bertz CT molecular complexity index is 557. The fraction of sp³-hybridized carbons (Fsp3) is 0.273. The van der Waals surface area contributed by atoms with Gasteiger partial charge in [0.05, 0.1) is 24.2 Å². The van der Waals surface area contributed by atoms with Gasteiger partial charge in [0.15, 0.2) is 11.6 Å². The smallest absolute Gasteiger partial charge is 0.182 e. The molecule has 0 amide bonds. The lowest BCUT2D eigenvalue weighted by molar-refractivity contribution is -0.116. The number of nitrogens with zero attached hydrogens (tertiary/aromatic N) is 4. The molecule has 0 atom stereocenters. The summed E-state index contributed by atoms with van der Waals surface area (Å²) in [7, 11) is 1.67. The van der Waals surface area contributed by atoms with Gasteiger partial charge < -0.3 is 0 Å². The van der Waals surface area contributed by atoms with E-state index < -0.39 is 0 Å². The molecule has 0 aliphatic rings. The van der Waals surface area contributed by atoms with Gasteiger partial charge in [-0.25, -0.2) is 0 Å². The lowest BCUT2D eigenvalue weighted by atomic mass is 10.3. The van der Waals surface area contributed by atoms with Crippen molar-refractivity contribution in [2.75, 3.05) is 5.75 Å². The number of thioether (sulfide) groups is 1. The first-order valence-electron chi connectivity index (χ1n) is 5.27. The molecule has 2 aromatic rings. The number of ketones is 1. The van der Waals surface area contributed by atoms with Gasteiger partial charge in [-0.2, -0.15) is 4.80 Å². The third kappa shape index (κ3) is 3.54. The van der Waals surface area contributed by atoms with Crippen molar-refractivity contribution in [1.29, 1.82) is 0 Å². The van der Waals surface area contributed by atoms with Gasteiger partial charge in [-0.15, -0.1) is 22.0 Å². The molecule has 1 heterocycles. The second-order valence-corrected chi connectivity index (χ2v) is 5.05. The number of tetrazole rings is 1. The Hall–Kier alpha value is -1.40. The van der Waals surface area contributed by atoms with Crippen molar-refractivity contribution in [3.63, 3.8) is 0 Å².